The van der Waals surface area contributed by atoms with Crippen LogP contribution in [0.25, 0.3) is 0 Å². The predicted molar refractivity (Wildman–Crippen MR) is 74.2 cm³/mol. The van der Waals surface area contributed by atoms with E-state index in [1.807, 2.05) is 0 Å². The number of hydrogen-bond donors (Lipinski definition) is 2. The summed E-state index contributed by atoms with van der Waals surface area (Å²) in [6.07, 6.45) is 1.81. The maximum absolute atomic E-state index is 12.2. The lowest BCUT2D eigenvalue weighted by Gasteiger charge is -2.23. The van der Waals surface area contributed by atoms with Gasteiger partial charge in [-0.25, -0.2) is 13.1 Å². The van der Waals surface area contributed by atoms with Crippen molar-refractivity contribution in [2.45, 2.75) is 23.8 Å². The molecule has 1 aliphatic heterocycles. The van der Waals surface area contributed by atoms with E-state index in [1.165, 1.54) is 19.2 Å². The Hall–Kier alpha value is -0.820. The second-order valence-electron chi connectivity index (χ2n) is 4.46. The molecule has 1 aliphatic rings. The molecule has 106 valence electrons. The average molecular weight is 305 g/mol. The standard InChI is InChI=1S/C12H17ClN2O3S/c1-18-12-5-4-10(7-11(12)13)19(16,17)15-9-3-2-6-14-8-9/h4-5,7,9,14-15H,2-3,6,8H2,1H3. The van der Waals surface area contributed by atoms with Gasteiger partial charge >= 0.3 is 0 Å². The van der Waals surface area contributed by atoms with Crippen molar-refractivity contribution in [3.63, 3.8) is 0 Å². The van der Waals surface area contributed by atoms with E-state index in [-0.39, 0.29) is 16.0 Å². The molecule has 1 fully saturated rings. The van der Waals surface area contributed by atoms with Crippen LogP contribution >= 0.6 is 11.6 Å². The fraction of sp³-hybridized carbons (Fsp3) is 0.500. The van der Waals surface area contributed by atoms with E-state index in [9.17, 15) is 8.42 Å². The maximum Gasteiger partial charge on any atom is 0.240 e. The highest BCUT2D eigenvalue weighted by molar-refractivity contribution is 7.89. The zero-order valence-corrected chi connectivity index (χ0v) is 12.2. The first-order valence-electron chi connectivity index (χ1n) is 6.09. The Bertz CT molecular complexity index is 542. The van der Waals surface area contributed by atoms with Gasteiger partial charge in [-0.2, -0.15) is 0 Å². The van der Waals surface area contributed by atoms with Crippen LogP contribution in [-0.4, -0.2) is 34.7 Å². The number of piperidine rings is 1. The molecular formula is C12H17ClN2O3S. The highest BCUT2D eigenvalue weighted by Crippen LogP contribution is 2.27. The molecule has 0 amide bonds. The van der Waals surface area contributed by atoms with Crippen LogP contribution < -0.4 is 14.8 Å². The van der Waals surface area contributed by atoms with Gasteiger partial charge in [0.25, 0.3) is 0 Å². The van der Waals surface area contributed by atoms with Crippen molar-refractivity contribution in [3.8, 4) is 5.75 Å². The summed E-state index contributed by atoms with van der Waals surface area (Å²) < 4.78 is 32.1. The lowest BCUT2D eigenvalue weighted by atomic mass is 10.1. The minimum atomic E-state index is -3.54. The van der Waals surface area contributed by atoms with Gasteiger partial charge in [-0.3, -0.25) is 0 Å². The molecule has 1 aromatic rings. The van der Waals surface area contributed by atoms with Crippen LogP contribution in [0.4, 0.5) is 0 Å². The van der Waals surface area contributed by atoms with Crippen molar-refractivity contribution in [3.05, 3.63) is 23.2 Å². The molecule has 1 saturated heterocycles. The maximum atomic E-state index is 12.2. The van der Waals surface area contributed by atoms with E-state index in [4.69, 9.17) is 16.3 Å². The summed E-state index contributed by atoms with van der Waals surface area (Å²) in [5.41, 5.74) is 0. The minimum Gasteiger partial charge on any atom is -0.495 e. The first kappa shape index (κ1) is 14.6. The highest BCUT2D eigenvalue weighted by atomic mass is 35.5. The number of methoxy groups -OCH3 is 1. The Kier molecular flexibility index (Phi) is 4.67. The average Bonchev–Trinajstić information content (AvgIpc) is 2.39. The highest BCUT2D eigenvalue weighted by Gasteiger charge is 2.22. The quantitative estimate of drug-likeness (QED) is 0.882. The van der Waals surface area contributed by atoms with Crippen LogP contribution in [0.15, 0.2) is 23.1 Å². The molecule has 0 aromatic heterocycles. The first-order chi connectivity index (χ1) is 9.03. The van der Waals surface area contributed by atoms with Gasteiger partial charge in [-0.15, -0.1) is 0 Å². The van der Waals surface area contributed by atoms with Gasteiger partial charge in [0.05, 0.1) is 17.0 Å². The number of sulfonamides is 1. The fourth-order valence-electron chi connectivity index (χ4n) is 2.05. The van der Waals surface area contributed by atoms with Crippen molar-refractivity contribution >= 4 is 21.6 Å². The monoisotopic (exact) mass is 304 g/mol. The summed E-state index contributed by atoms with van der Waals surface area (Å²) in [6, 6.07) is 4.37. The molecule has 1 aromatic carbocycles. The smallest absolute Gasteiger partial charge is 0.240 e. The van der Waals surface area contributed by atoms with Crippen molar-refractivity contribution in [2.24, 2.45) is 0 Å². The van der Waals surface area contributed by atoms with E-state index in [1.54, 1.807) is 6.07 Å². The third kappa shape index (κ3) is 3.60. The molecular weight excluding hydrogens is 288 g/mol. The second kappa shape index (κ2) is 6.09. The van der Waals surface area contributed by atoms with Crippen molar-refractivity contribution in [1.29, 1.82) is 0 Å². The van der Waals surface area contributed by atoms with Gasteiger partial charge in [-0.1, -0.05) is 11.6 Å². The van der Waals surface area contributed by atoms with E-state index in [2.05, 4.69) is 10.0 Å². The SMILES string of the molecule is COc1ccc(S(=O)(=O)NC2CCCNC2)cc1Cl. The molecule has 1 heterocycles. The molecule has 1 unspecified atom stereocenters. The molecule has 5 nitrogen and oxygen atoms in total. The summed E-state index contributed by atoms with van der Waals surface area (Å²) in [6.45, 7) is 1.59. The molecule has 0 spiro atoms. The van der Waals surface area contributed by atoms with Gasteiger partial charge in [-0.05, 0) is 37.6 Å². The zero-order valence-electron chi connectivity index (χ0n) is 10.6. The van der Waals surface area contributed by atoms with Crippen LogP contribution in [-0.2, 0) is 10.0 Å². The molecule has 19 heavy (non-hydrogen) atoms. The van der Waals surface area contributed by atoms with Gasteiger partial charge in [0, 0.05) is 12.6 Å². The minimum absolute atomic E-state index is 0.0698. The molecule has 2 N–H and O–H groups in total. The predicted octanol–water partition coefficient (Wildman–Crippen LogP) is 1.38. The van der Waals surface area contributed by atoms with E-state index >= 15 is 0 Å². The van der Waals surface area contributed by atoms with E-state index in [0.29, 0.717) is 12.3 Å². The first-order valence-corrected chi connectivity index (χ1v) is 7.95. The van der Waals surface area contributed by atoms with E-state index < -0.39 is 10.0 Å². The number of benzene rings is 1. The molecule has 7 heteroatoms. The number of hydrogen-bond acceptors (Lipinski definition) is 4. The van der Waals surface area contributed by atoms with Gasteiger partial charge in [0.2, 0.25) is 10.0 Å². The topological polar surface area (TPSA) is 67.4 Å². The Morgan fingerprint density at radius 2 is 2.26 bits per heavy atom. The van der Waals surface area contributed by atoms with Crippen LogP contribution in [0.3, 0.4) is 0 Å². The van der Waals surface area contributed by atoms with Crippen LogP contribution in [0.2, 0.25) is 5.02 Å². The second-order valence-corrected chi connectivity index (χ2v) is 6.58. The summed E-state index contributed by atoms with van der Waals surface area (Å²) >= 11 is 5.95. The Balaban J connectivity index is 2.16. The largest absolute Gasteiger partial charge is 0.495 e. The number of halogens is 1. The third-order valence-corrected chi connectivity index (χ3v) is 4.87. The fourth-order valence-corrected chi connectivity index (χ4v) is 3.67. The van der Waals surface area contributed by atoms with Gasteiger partial charge in [0.1, 0.15) is 5.75 Å². The Morgan fingerprint density at radius 1 is 1.47 bits per heavy atom. The van der Waals surface area contributed by atoms with Crippen molar-refractivity contribution < 1.29 is 13.2 Å². The summed E-state index contributed by atoms with van der Waals surface area (Å²) in [7, 11) is -2.05. The molecule has 0 radical (unpaired) electrons. The van der Waals surface area contributed by atoms with Crippen molar-refractivity contribution in [2.75, 3.05) is 20.2 Å². The summed E-state index contributed by atoms with van der Waals surface area (Å²) in [5, 5.41) is 3.45. The molecule has 2 rings (SSSR count). The molecule has 0 saturated carbocycles. The third-order valence-electron chi connectivity index (χ3n) is 3.05. The van der Waals surface area contributed by atoms with Crippen LogP contribution in [0, 0.1) is 0 Å². The lowest BCUT2D eigenvalue weighted by Crippen LogP contribution is -2.45. The van der Waals surface area contributed by atoms with Crippen LogP contribution in [0.1, 0.15) is 12.8 Å². The zero-order chi connectivity index (χ0) is 13.9. The van der Waals surface area contributed by atoms with Crippen LogP contribution in [0.5, 0.6) is 5.75 Å². The Labute approximate surface area is 118 Å². The number of ether oxygens (including phenoxy) is 1. The lowest BCUT2D eigenvalue weighted by molar-refractivity contribution is 0.414. The number of rotatable bonds is 4. The summed E-state index contributed by atoms with van der Waals surface area (Å²) in [5.74, 6) is 0.458. The molecule has 1 atom stereocenters. The molecule has 0 bridgehead atoms. The van der Waals surface area contributed by atoms with Crippen molar-refractivity contribution in [1.82, 2.24) is 10.0 Å². The Morgan fingerprint density at radius 3 is 2.84 bits per heavy atom. The number of nitrogens with one attached hydrogen (secondary N) is 2. The van der Waals surface area contributed by atoms with Gasteiger partial charge < -0.3 is 10.1 Å². The summed E-state index contributed by atoms with van der Waals surface area (Å²) in [4.78, 5) is 0.156. The molecule has 0 aliphatic carbocycles. The van der Waals surface area contributed by atoms with Gasteiger partial charge in [0.15, 0.2) is 0 Å². The van der Waals surface area contributed by atoms with E-state index in [0.717, 1.165) is 19.4 Å². The normalized spacial score (nSPS) is 20.2.